The van der Waals surface area contributed by atoms with Crippen molar-refractivity contribution in [2.75, 3.05) is 4.90 Å². The quantitative estimate of drug-likeness (QED) is 0.123. The zero-order valence-corrected chi connectivity index (χ0v) is 49.0. The molecule has 0 radical (unpaired) electrons. The van der Waals surface area contributed by atoms with E-state index in [1.165, 1.54) is 65.3 Å². The first kappa shape index (κ1) is 51.0. The molecule has 7 heteroatoms. The first-order chi connectivity index (χ1) is 35.7. The van der Waals surface area contributed by atoms with Crippen molar-refractivity contribution >= 4 is 89.8 Å². The van der Waals surface area contributed by atoms with E-state index >= 15 is 0 Å². The number of ether oxygens (including phenoxy) is 1. The minimum Gasteiger partial charge on any atom is -0.509 e. The van der Waals surface area contributed by atoms with Gasteiger partial charge in [0.05, 0.1) is 8.07 Å². The Hall–Kier alpha value is -7.11. The predicted octanol–water partition coefficient (Wildman–Crippen LogP) is 18.3. The van der Waals surface area contributed by atoms with E-state index in [2.05, 4.69) is 266 Å². The monoisotopic (exact) mass is 1190 g/mol. The van der Waals surface area contributed by atoms with Crippen LogP contribution in [0.3, 0.4) is 0 Å². The molecule has 0 saturated heterocycles. The number of anilines is 2. The molecule has 8 aromatic carbocycles. The van der Waals surface area contributed by atoms with Crippen molar-refractivity contribution in [2.24, 2.45) is 0 Å². The maximum Gasteiger partial charge on any atom is 0.135 e. The molecule has 0 aliphatic carbocycles. The maximum absolute atomic E-state index is 6.82. The van der Waals surface area contributed by atoms with Crippen molar-refractivity contribution < 1.29 is 25.8 Å². The fourth-order valence-corrected chi connectivity index (χ4v) is 12.2. The van der Waals surface area contributed by atoms with Crippen LogP contribution in [0.15, 0.2) is 170 Å². The molecule has 76 heavy (non-hydrogen) atoms. The first-order valence-electron chi connectivity index (χ1n) is 26.4. The fraction of sp³-hybridized carbons (Fsp3) is 0.217. The van der Waals surface area contributed by atoms with Crippen LogP contribution in [0.5, 0.6) is 11.5 Å². The first-order valence-corrected chi connectivity index (χ1v) is 29.9. The van der Waals surface area contributed by atoms with Crippen LogP contribution in [0.25, 0.3) is 82.1 Å². The Balaban J connectivity index is 0.00000616. The third kappa shape index (κ3) is 8.87. The molecule has 5 nitrogen and oxygen atoms in total. The third-order valence-corrected chi connectivity index (χ3v) is 17.3. The van der Waals surface area contributed by atoms with E-state index in [0.29, 0.717) is 11.5 Å². The number of benzene rings is 8. The van der Waals surface area contributed by atoms with Gasteiger partial charge < -0.3 is 18.8 Å². The van der Waals surface area contributed by atoms with Crippen molar-refractivity contribution in [3.05, 3.63) is 205 Å². The SMILES string of the molecule is CC(C)(C)c1cc(-c2cccc3c4ccccc4c4cc(C(C)(C)C)ccc4c4cccc5c4n(c23)[CH-]N5c2[c-]c(Oc3[c-]c4c(cc3)c3ccccc3n4-c3cc(C(C)(C)C)ccn3)ccc2)cc([Si](C)(C)C)c1.[Pt]. The van der Waals surface area contributed by atoms with Crippen molar-refractivity contribution in [2.45, 2.75) is 98.2 Å². The van der Waals surface area contributed by atoms with E-state index in [9.17, 15) is 0 Å². The van der Waals surface area contributed by atoms with E-state index in [1.54, 1.807) is 0 Å². The average molecular weight is 1190 g/mol. The van der Waals surface area contributed by atoms with Gasteiger partial charge in [-0.15, -0.1) is 35.7 Å². The molecule has 11 aromatic rings. The summed E-state index contributed by atoms with van der Waals surface area (Å²) in [6.07, 6.45) is 1.91. The van der Waals surface area contributed by atoms with Crippen molar-refractivity contribution in [1.29, 1.82) is 0 Å². The molecule has 12 rings (SSSR count). The van der Waals surface area contributed by atoms with Gasteiger partial charge in [0, 0.05) is 50.0 Å². The molecule has 4 heterocycles. The standard InChI is InChI=1S/C69H65N4OSi.Pt/c1-67(2,3)45-30-32-55-59-27-19-29-62-66(59)72(65-52(44-36-47(69(7,8)9)38-51(37-44)75(10,11)12)25-18-26-58(65)53-22-13-14-23-54(53)60(55)39-45)43-71(62)48-20-17-21-49(41-48)74-50-31-33-57-56-24-15-16-28-61(56)73(63(57)42-50)64-40-46(34-35-70-64)68(4,5)6;/h13-40,43H,1-12H3;/q-3;. The number of rotatable bonds is 6. The Morgan fingerprint density at radius 2 is 1.11 bits per heavy atom. The van der Waals surface area contributed by atoms with Gasteiger partial charge in [-0.05, 0) is 124 Å². The molecule has 0 atom stereocenters. The van der Waals surface area contributed by atoms with Gasteiger partial charge in [-0.25, -0.2) is 4.98 Å². The summed E-state index contributed by atoms with van der Waals surface area (Å²) < 4.78 is 11.5. The summed E-state index contributed by atoms with van der Waals surface area (Å²) in [5.41, 5.74) is 12.3. The van der Waals surface area contributed by atoms with Gasteiger partial charge in [-0.1, -0.05) is 208 Å². The van der Waals surface area contributed by atoms with E-state index in [1.807, 2.05) is 18.3 Å². The summed E-state index contributed by atoms with van der Waals surface area (Å²) in [7, 11) is -1.75. The number of nitrogens with zero attached hydrogens (tertiary/aromatic N) is 4. The van der Waals surface area contributed by atoms with Crippen LogP contribution < -0.4 is 14.8 Å². The van der Waals surface area contributed by atoms with E-state index in [-0.39, 0.29) is 37.3 Å². The number of hydrogen-bond acceptors (Lipinski definition) is 3. The summed E-state index contributed by atoms with van der Waals surface area (Å²) in [5.74, 6) is 2.05. The summed E-state index contributed by atoms with van der Waals surface area (Å²) in [5, 5.41) is 10.9. The normalized spacial score (nSPS) is 13.0. The van der Waals surface area contributed by atoms with Gasteiger partial charge in [0.15, 0.2) is 0 Å². The van der Waals surface area contributed by atoms with Gasteiger partial charge in [-0.3, -0.25) is 0 Å². The minimum atomic E-state index is -1.75. The molecule has 0 amide bonds. The van der Waals surface area contributed by atoms with Crippen molar-refractivity contribution in [3.8, 4) is 28.4 Å². The van der Waals surface area contributed by atoms with Gasteiger partial charge in [-0.2, -0.15) is 12.1 Å². The zero-order chi connectivity index (χ0) is 52.3. The van der Waals surface area contributed by atoms with Gasteiger partial charge in [0.25, 0.3) is 0 Å². The van der Waals surface area contributed by atoms with Crippen molar-refractivity contribution in [1.82, 2.24) is 14.1 Å². The molecule has 0 N–H and O–H groups in total. The summed E-state index contributed by atoms with van der Waals surface area (Å²) in [4.78, 5) is 7.20. The van der Waals surface area contributed by atoms with E-state index < -0.39 is 8.07 Å². The van der Waals surface area contributed by atoms with Crippen LogP contribution in [0, 0.1) is 18.8 Å². The van der Waals surface area contributed by atoms with Crippen LogP contribution in [0.2, 0.25) is 19.6 Å². The van der Waals surface area contributed by atoms with Crippen LogP contribution >= 0.6 is 0 Å². The molecule has 1 aliphatic heterocycles. The Labute approximate surface area is 463 Å². The molecule has 3 aromatic heterocycles. The Bertz CT molecular complexity index is 4160. The van der Waals surface area contributed by atoms with Crippen LogP contribution in [-0.4, -0.2) is 22.2 Å². The number of hydrogen-bond donors (Lipinski definition) is 0. The van der Waals surface area contributed by atoms with Crippen LogP contribution in [0.1, 0.15) is 79.0 Å². The molecular formula is C69H65N4OPtSi-3. The molecule has 0 unspecified atom stereocenters. The second kappa shape index (κ2) is 18.6. The summed E-state index contributed by atoms with van der Waals surface area (Å²) >= 11 is 0. The van der Waals surface area contributed by atoms with E-state index in [0.717, 1.165) is 50.0 Å². The number of fused-ring (bicyclic) bond motifs is 10. The number of pyridine rings is 1. The molecule has 0 fully saturated rings. The maximum atomic E-state index is 6.82. The molecule has 1 aliphatic rings. The molecule has 0 bridgehead atoms. The summed E-state index contributed by atoms with van der Waals surface area (Å²) in [6, 6.07) is 67.8. The topological polar surface area (TPSA) is 35.2 Å². The Morgan fingerprint density at radius 3 is 1.83 bits per heavy atom. The third-order valence-electron chi connectivity index (χ3n) is 15.3. The van der Waals surface area contributed by atoms with Crippen LogP contribution in [-0.2, 0) is 37.3 Å². The summed E-state index contributed by atoms with van der Waals surface area (Å²) in [6.45, 7) is 30.3. The van der Waals surface area contributed by atoms with E-state index in [4.69, 9.17) is 9.72 Å². The number of para-hydroxylation sites is 3. The largest absolute Gasteiger partial charge is 0.509 e. The van der Waals surface area contributed by atoms with Gasteiger partial charge >= 0.3 is 0 Å². The Kier molecular flexibility index (Phi) is 12.5. The second-order valence-electron chi connectivity index (χ2n) is 24.7. The zero-order valence-electron chi connectivity index (χ0n) is 45.8. The van der Waals surface area contributed by atoms with Crippen molar-refractivity contribution in [3.63, 3.8) is 0 Å². The predicted molar refractivity (Wildman–Crippen MR) is 321 cm³/mol. The molecular weight excluding hydrogens is 1120 g/mol. The second-order valence-corrected chi connectivity index (χ2v) is 29.8. The molecule has 0 spiro atoms. The number of aromatic nitrogens is 3. The average Bonchev–Trinajstić information content (AvgIpc) is 3.94. The molecule has 384 valence electrons. The molecule has 0 saturated carbocycles. The Morgan fingerprint density at radius 1 is 0.500 bits per heavy atom. The van der Waals surface area contributed by atoms with Gasteiger partial charge in [0.2, 0.25) is 0 Å². The van der Waals surface area contributed by atoms with Crippen LogP contribution in [0.4, 0.5) is 11.4 Å². The minimum absolute atomic E-state index is 0. The van der Waals surface area contributed by atoms with Gasteiger partial charge in [0.1, 0.15) is 5.82 Å². The fourth-order valence-electron chi connectivity index (χ4n) is 11.1. The smallest absolute Gasteiger partial charge is 0.135 e.